The van der Waals surface area contributed by atoms with Crippen LogP contribution in [0.4, 0.5) is 0 Å². The number of hydrogen-bond acceptors (Lipinski definition) is 3. The maximum Gasteiger partial charge on any atom is 0.498 e. The normalized spacial score (nSPS) is 20.7. The molecule has 3 nitrogen and oxygen atoms in total. The van der Waals surface area contributed by atoms with E-state index in [0.29, 0.717) is 0 Å². The average Bonchev–Trinajstić information content (AvgIpc) is 2.51. The van der Waals surface area contributed by atoms with Crippen LogP contribution in [-0.4, -0.2) is 25.4 Å². The number of ether oxygens (including phenoxy) is 1. The molecular weight excluding hydrogens is 307 g/mol. The van der Waals surface area contributed by atoms with E-state index in [-0.39, 0.29) is 11.2 Å². The lowest BCUT2D eigenvalue weighted by molar-refractivity contribution is 0.00578. The van der Waals surface area contributed by atoms with Crippen LogP contribution >= 0.6 is 15.9 Å². The van der Waals surface area contributed by atoms with Gasteiger partial charge in [0.1, 0.15) is 5.75 Å². The standard InChI is InChI=1S/C14H20BBrO3/c1-9-7-10(12(17-6)8-11(9)16)15-18-13(2,3)14(4,5)19-15/h7-8H,1-6H3. The molecule has 104 valence electrons. The molecule has 0 unspecified atom stereocenters. The van der Waals surface area contributed by atoms with E-state index in [1.165, 1.54) is 0 Å². The Morgan fingerprint density at radius 2 is 1.63 bits per heavy atom. The summed E-state index contributed by atoms with van der Waals surface area (Å²) in [7, 11) is 1.26. The van der Waals surface area contributed by atoms with Crippen molar-refractivity contribution in [1.29, 1.82) is 0 Å². The molecule has 0 amide bonds. The van der Waals surface area contributed by atoms with Gasteiger partial charge in [-0.1, -0.05) is 22.0 Å². The summed E-state index contributed by atoms with van der Waals surface area (Å²) < 4.78 is 18.6. The van der Waals surface area contributed by atoms with E-state index in [0.717, 1.165) is 21.2 Å². The molecule has 0 radical (unpaired) electrons. The number of hydrogen-bond donors (Lipinski definition) is 0. The van der Waals surface area contributed by atoms with Gasteiger partial charge in [-0.05, 0) is 46.2 Å². The Labute approximate surface area is 123 Å². The van der Waals surface area contributed by atoms with Crippen LogP contribution in [0, 0.1) is 6.92 Å². The topological polar surface area (TPSA) is 27.7 Å². The molecule has 0 spiro atoms. The Hall–Kier alpha value is -0.515. The van der Waals surface area contributed by atoms with Crippen LogP contribution in [0.5, 0.6) is 5.75 Å². The summed E-state index contributed by atoms with van der Waals surface area (Å²) in [4.78, 5) is 0. The van der Waals surface area contributed by atoms with Crippen LogP contribution < -0.4 is 10.2 Å². The second-order valence-electron chi connectivity index (χ2n) is 5.93. The summed E-state index contributed by atoms with van der Waals surface area (Å²) in [6.07, 6.45) is 0. The van der Waals surface area contributed by atoms with Crippen molar-refractivity contribution in [2.24, 2.45) is 0 Å². The van der Waals surface area contributed by atoms with Crippen molar-refractivity contribution < 1.29 is 14.0 Å². The van der Waals surface area contributed by atoms with Gasteiger partial charge in [-0.15, -0.1) is 0 Å². The minimum atomic E-state index is -0.397. The van der Waals surface area contributed by atoms with Crippen LogP contribution in [0.3, 0.4) is 0 Å². The highest BCUT2D eigenvalue weighted by atomic mass is 79.9. The maximum absolute atomic E-state index is 6.07. The minimum Gasteiger partial charge on any atom is -0.497 e. The molecule has 1 heterocycles. The van der Waals surface area contributed by atoms with E-state index >= 15 is 0 Å². The third-order valence-corrected chi connectivity index (χ3v) is 4.87. The minimum absolute atomic E-state index is 0.344. The van der Waals surface area contributed by atoms with Gasteiger partial charge in [0.05, 0.1) is 18.3 Å². The highest BCUT2D eigenvalue weighted by Crippen LogP contribution is 2.37. The third kappa shape index (κ3) is 2.56. The fourth-order valence-corrected chi connectivity index (χ4v) is 2.34. The molecule has 1 aliphatic heterocycles. The predicted molar refractivity (Wildman–Crippen MR) is 81.1 cm³/mol. The lowest BCUT2D eigenvalue weighted by atomic mass is 9.77. The lowest BCUT2D eigenvalue weighted by Gasteiger charge is -2.32. The van der Waals surface area contributed by atoms with E-state index in [2.05, 4.69) is 15.9 Å². The summed E-state index contributed by atoms with van der Waals surface area (Å²) in [6.45, 7) is 10.2. The molecule has 1 aromatic rings. The third-order valence-electron chi connectivity index (χ3n) is 4.02. The first-order chi connectivity index (χ1) is 8.68. The average molecular weight is 327 g/mol. The summed E-state index contributed by atoms with van der Waals surface area (Å²) in [6, 6.07) is 4.00. The van der Waals surface area contributed by atoms with Gasteiger partial charge in [-0.2, -0.15) is 0 Å². The van der Waals surface area contributed by atoms with Gasteiger partial charge < -0.3 is 14.0 Å². The molecule has 0 bridgehead atoms. The first-order valence-electron chi connectivity index (χ1n) is 6.37. The second kappa shape index (κ2) is 4.79. The molecule has 1 fully saturated rings. The van der Waals surface area contributed by atoms with E-state index < -0.39 is 7.12 Å². The van der Waals surface area contributed by atoms with Crippen molar-refractivity contribution in [3.05, 3.63) is 22.2 Å². The zero-order valence-corrected chi connectivity index (χ0v) is 13.9. The molecule has 19 heavy (non-hydrogen) atoms. The summed E-state index contributed by atoms with van der Waals surface area (Å²) in [5.74, 6) is 0.774. The summed E-state index contributed by atoms with van der Waals surface area (Å²) in [5.41, 5.74) is 1.38. The number of rotatable bonds is 2. The first kappa shape index (κ1) is 14.9. The number of halogens is 1. The van der Waals surface area contributed by atoms with Crippen molar-refractivity contribution in [1.82, 2.24) is 0 Å². The van der Waals surface area contributed by atoms with Crippen LogP contribution in [0.15, 0.2) is 16.6 Å². The highest BCUT2D eigenvalue weighted by molar-refractivity contribution is 9.10. The van der Waals surface area contributed by atoms with Crippen LogP contribution in [0.2, 0.25) is 0 Å². The van der Waals surface area contributed by atoms with Crippen LogP contribution in [0.1, 0.15) is 33.3 Å². The molecule has 0 atom stereocenters. The maximum atomic E-state index is 6.07. The largest absolute Gasteiger partial charge is 0.498 e. The van der Waals surface area contributed by atoms with Crippen molar-refractivity contribution in [2.45, 2.75) is 45.8 Å². The quantitative estimate of drug-likeness (QED) is 0.782. The van der Waals surface area contributed by atoms with E-state index in [9.17, 15) is 0 Å². The predicted octanol–water partition coefficient (Wildman–Crippen LogP) is 3.07. The first-order valence-corrected chi connectivity index (χ1v) is 7.17. The summed E-state index contributed by atoms with van der Waals surface area (Å²) >= 11 is 3.51. The van der Waals surface area contributed by atoms with Gasteiger partial charge in [-0.25, -0.2) is 0 Å². The molecule has 1 aliphatic rings. The SMILES string of the molecule is COc1cc(Br)c(C)cc1B1OC(C)(C)C(C)(C)O1. The van der Waals surface area contributed by atoms with Gasteiger partial charge in [-0.3, -0.25) is 0 Å². The zero-order valence-electron chi connectivity index (χ0n) is 12.3. The number of benzene rings is 1. The molecule has 0 aliphatic carbocycles. The lowest BCUT2D eigenvalue weighted by Crippen LogP contribution is -2.41. The fraction of sp³-hybridized carbons (Fsp3) is 0.571. The van der Waals surface area contributed by atoms with Gasteiger partial charge in [0, 0.05) is 9.94 Å². The molecule has 1 aromatic carbocycles. The number of methoxy groups -OCH3 is 1. The van der Waals surface area contributed by atoms with Crippen LogP contribution in [-0.2, 0) is 9.31 Å². The van der Waals surface area contributed by atoms with Gasteiger partial charge in [0.25, 0.3) is 0 Å². The van der Waals surface area contributed by atoms with E-state index in [1.54, 1.807) is 7.11 Å². The molecule has 0 N–H and O–H groups in total. The highest BCUT2D eigenvalue weighted by Gasteiger charge is 2.52. The monoisotopic (exact) mass is 326 g/mol. The van der Waals surface area contributed by atoms with E-state index in [1.807, 2.05) is 46.8 Å². The van der Waals surface area contributed by atoms with Crippen molar-refractivity contribution in [3.8, 4) is 5.75 Å². The van der Waals surface area contributed by atoms with Crippen molar-refractivity contribution in [3.63, 3.8) is 0 Å². The molecule has 5 heteroatoms. The smallest absolute Gasteiger partial charge is 0.497 e. The second-order valence-corrected chi connectivity index (χ2v) is 6.79. The Morgan fingerprint density at radius 1 is 1.11 bits per heavy atom. The Balaban J connectivity index is 2.42. The Morgan fingerprint density at radius 3 is 2.11 bits per heavy atom. The molecule has 1 saturated heterocycles. The molecule has 0 aromatic heterocycles. The zero-order chi connectivity index (χ0) is 14.4. The Bertz CT molecular complexity index is 484. The van der Waals surface area contributed by atoms with Gasteiger partial charge in [0.2, 0.25) is 0 Å². The fourth-order valence-electron chi connectivity index (χ4n) is 2.02. The Kier molecular flexibility index (Phi) is 3.76. The molecule has 2 rings (SSSR count). The number of aryl methyl sites for hydroxylation is 1. The van der Waals surface area contributed by atoms with E-state index in [4.69, 9.17) is 14.0 Å². The van der Waals surface area contributed by atoms with Crippen molar-refractivity contribution in [2.75, 3.05) is 7.11 Å². The van der Waals surface area contributed by atoms with Crippen LogP contribution in [0.25, 0.3) is 0 Å². The van der Waals surface area contributed by atoms with Gasteiger partial charge >= 0.3 is 7.12 Å². The van der Waals surface area contributed by atoms with Gasteiger partial charge in [0.15, 0.2) is 0 Å². The van der Waals surface area contributed by atoms with Crippen molar-refractivity contribution >= 4 is 28.5 Å². The molecular formula is C14H20BBrO3. The molecule has 0 saturated carbocycles. The summed E-state index contributed by atoms with van der Waals surface area (Å²) in [5, 5.41) is 0.